The predicted octanol–water partition coefficient (Wildman–Crippen LogP) is 2.10. The van der Waals surface area contributed by atoms with Gasteiger partial charge in [-0.2, -0.15) is 0 Å². The Kier molecular flexibility index (Phi) is 10.3. The van der Waals surface area contributed by atoms with Crippen LogP contribution < -0.4 is 22.3 Å². The highest BCUT2D eigenvalue weighted by Crippen LogP contribution is 2.36. The number of aldehydes is 1. The molecular weight excluding hydrogens is 427 g/mol. The lowest BCUT2D eigenvalue weighted by molar-refractivity contribution is -0.295. The van der Waals surface area contributed by atoms with Crippen LogP contribution in [0, 0.1) is 0 Å². The second kappa shape index (κ2) is 12.1. The highest BCUT2D eigenvalue weighted by atomic mass is 35.5. The topological polar surface area (TPSA) is 142 Å². The molecule has 1 fully saturated rings. The number of nitrogens with one attached hydrogen (secondary N) is 2. The Labute approximate surface area is 176 Å². The number of hydrogen-bond acceptors (Lipinski definition) is 9. The molecule has 7 N–H and O–H groups in total. The third-order valence-corrected chi connectivity index (χ3v) is 4.06. The minimum Gasteiger partial charge on any atom is -0.396 e. The fourth-order valence-corrected chi connectivity index (χ4v) is 2.34. The van der Waals surface area contributed by atoms with Gasteiger partial charge in [0.05, 0.1) is 28.6 Å². The van der Waals surface area contributed by atoms with Crippen LogP contribution >= 0.6 is 11.6 Å². The summed E-state index contributed by atoms with van der Waals surface area (Å²) in [6.45, 7) is 2.81. The minimum absolute atomic E-state index is 0.168. The average molecular weight is 450 g/mol. The van der Waals surface area contributed by atoms with E-state index in [-0.39, 0.29) is 6.54 Å². The van der Waals surface area contributed by atoms with Crippen LogP contribution in [0.1, 0.15) is 6.42 Å². The van der Waals surface area contributed by atoms with Crippen molar-refractivity contribution in [3.05, 3.63) is 29.5 Å². The molecule has 0 amide bonds. The molecule has 2 heterocycles. The Bertz CT molecular complexity index is 814. The maximum absolute atomic E-state index is 10.4. The molecule has 0 atom stereocenters. The van der Waals surface area contributed by atoms with Gasteiger partial charge in [-0.15, -0.1) is 13.2 Å². The SMILES string of the molecule is CN1CCC1.NNc1c(-c2cc(NCC=O)ncn2)ccc(Cl)c1N.OC(F)(F)F. The molecule has 0 aliphatic carbocycles. The summed E-state index contributed by atoms with van der Waals surface area (Å²) in [4.78, 5) is 20.8. The quantitative estimate of drug-likeness (QED) is 0.200. The minimum atomic E-state index is -5.00. The molecule has 1 aliphatic heterocycles. The lowest BCUT2D eigenvalue weighted by Crippen LogP contribution is -2.32. The first-order chi connectivity index (χ1) is 14.1. The standard InChI is InChI=1S/C12H13ClN6O.C4H9N.CHF3O/c13-8-2-1-7(12(19-15)11(8)14)9-5-10(16-3-4-20)18-6-17-9;1-5-3-2-4-5;2-1(3,4)5/h1-2,4-6,19H,3,14-15H2,(H,16,17,18);2-4H2,1H3;5H. The molecule has 166 valence electrons. The Balaban J connectivity index is 0.000000369. The van der Waals surface area contributed by atoms with E-state index in [1.54, 1.807) is 18.2 Å². The smallest absolute Gasteiger partial charge is 0.396 e. The fourth-order valence-electron chi connectivity index (χ4n) is 2.18. The van der Waals surface area contributed by atoms with Gasteiger partial charge in [-0.25, -0.2) is 9.97 Å². The summed E-state index contributed by atoms with van der Waals surface area (Å²) < 4.78 is 29.7. The molecule has 3 rings (SSSR count). The second-order valence-electron chi connectivity index (χ2n) is 5.99. The average Bonchev–Trinajstić information content (AvgIpc) is 2.66. The zero-order valence-corrected chi connectivity index (χ0v) is 16.8. The van der Waals surface area contributed by atoms with Crippen LogP contribution in [0.2, 0.25) is 5.02 Å². The van der Waals surface area contributed by atoms with Gasteiger partial charge in [-0.1, -0.05) is 11.6 Å². The molecule has 1 aromatic carbocycles. The number of rotatable bonds is 5. The number of likely N-dealkylation sites (tertiary alicyclic amines) is 1. The van der Waals surface area contributed by atoms with Gasteiger partial charge in [0.2, 0.25) is 0 Å². The van der Waals surface area contributed by atoms with E-state index in [9.17, 15) is 18.0 Å². The van der Waals surface area contributed by atoms with E-state index >= 15 is 0 Å². The molecule has 1 aromatic heterocycles. The van der Waals surface area contributed by atoms with Gasteiger partial charge < -0.3 is 31.3 Å². The van der Waals surface area contributed by atoms with Crippen LogP contribution in [0.5, 0.6) is 0 Å². The molecule has 9 nitrogen and oxygen atoms in total. The number of carbonyl (C=O) groups is 1. The van der Waals surface area contributed by atoms with Crippen molar-refractivity contribution in [1.29, 1.82) is 0 Å². The summed E-state index contributed by atoms with van der Waals surface area (Å²) >= 11 is 5.95. The molecular formula is C17H23ClF3N7O2. The van der Waals surface area contributed by atoms with Gasteiger partial charge >= 0.3 is 6.36 Å². The maximum Gasteiger partial charge on any atom is 0.519 e. The van der Waals surface area contributed by atoms with E-state index in [0.717, 1.165) is 6.29 Å². The summed E-state index contributed by atoms with van der Waals surface area (Å²) in [5.41, 5.74) is 10.5. The Morgan fingerprint density at radius 2 is 1.93 bits per heavy atom. The first-order valence-electron chi connectivity index (χ1n) is 8.59. The number of hydrazine groups is 1. The molecule has 2 aromatic rings. The number of halogens is 4. The monoisotopic (exact) mass is 449 g/mol. The zero-order chi connectivity index (χ0) is 22.7. The van der Waals surface area contributed by atoms with Gasteiger partial charge in [-0.3, -0.25) is 5.84 Å². The Hall–Kier alpha value is -2.67. The van der Waals surface area contributed by atoms with Gasteiger partial charge in [-0.05, 0) is 38.7 Å². The van der Waals surface area contributed by atoms with Crippen molar-refractivity contribution < 1.29 is 23.1 Å². The second-order valence-corrected chi connectivity index (χ2v) is 6.40. The third kappa shape index (κ3) is 9.22. The van der Waals surface area contributed by atoms with Crippen molar-refractivity contribution in [2.24, 2.45) is 5.84 Å². The number of carbonyl (C=O) groups excluding carboxylic acids is 1. The van der Waals surface area contributed by atoms with E-state index in [1.165, 1.54) is 25.8 Å². The highest BCUT2D eigenvalue weighted by Gasteiger charge is 2.20. The van der Waals surface area contributed by atoms with Crippen molar-refractivity contribution in [3.8, 4) is 11.3 Å². The molecule has 13 heteroatoms. The molecule has 0 spiro atoms. The summed E-state index contributed by atoms with van der Waals surface area (Å²) in [5.74, 6) is 6.01. The van der Waals surface area contributed by atoms with E-state index in [4.69, 9.17) is 28.3 Å². The number of nitrogens with zero attached hydrogens (tertiary/aromatic N) is 3. The van der Waals surface area contributed by atoms with Gasteiger partial charge in [0, 0.05) is 11.6 Å². The molecule has 1 aliphatic rings. The van der Waals surface area contributed by atoms with Gasteiger partial charge in [0.25, 0.3) is 0 Å². The van der Waals surface area contributed by atoms with E-state index in [2.05, 4.69) is 32.7 Å². The van der Waals surface area contributed by atoms with Crippen molar-refractivity contribution in [3.63, 3.8) is 0 Å². The molecule has 0 radical (unpaired) electrons. The lowest BCUT2D eigenvalue weighted by atomic mass is 10.1. The van der Waals surface area contributed by atoms with Crippen LogP contribution in [0.3, 0.4) is 0 Å². The normalized spacial score (nSPS) is 13.0. The van der Waals surface area contributed by atoms with E-state index < -0.39 is 6.36 Å². The van der Waals surface area contributed by atoms with Crippen LogP contribution in [0.15, 0.2) is 24.5 Å². The predicted molar refractivity (Wildman–Crippen MR) is 110 cm³/mol. The molecule has 0 saturated carbocycles. The van der Waals surface area contributed by atoms with Crippen LogP contribution in [0.4, 0.5) is 30.4 Å². The largest absolute Gasteiger partial charge is 0.519 e. The summed E-state index contributed by atoms with van der Waals surface area (Å²) in [7, 11) is 2.14. The van der Waals surface area contributed by atoms with Crippen LogP contribution in [0.25, 0.3) is 11.3 Å². The molecule has 0 unspecified atom stereocenters. The van der Waals surface area contributed by atoms with E-state index in [0.29, 0.717) is 33.5 Å². The lowest BCUT2D eigenvalue weighted by Gasteiger charge is -2.24. The first kappa shape index (κ1) is 25.4. The number of aliphatic hydroxyl groups is 1. The van der Waals surface area contributed by atoms with Crippen molar-refractivity contribution in [1.82, 2.24) is 14.9 Å². The third-order valence-electron chi connectivity index (χ3n) is 3.73. The Morgan fingerprint density at radius 3 is 2.40 bits per heavy atom. The number of alkyl halides is 3. The first-order valence-corrected chi connectivity index (χ1v) is 8.96. The molecule has 30 heavy (non-hydrogen) atoms. The number of nitrogens with two attached hydrogens (primary N) is 2. The van der Waals surface area contributed by atoms with E-state index in [1.807, 2.05) is 0 Å². The summed E-state index contributed by atoms with van der Waals surface area (Å²) in [6, 6.07) is 5.10. The van der Waals surface area contributed by atoms with Crippen molar-refractivity contribution >= 4 is 35.1 Å². The fraction of sp³-hybridized carbons (Fsp3) is 0.353. The maximum atomic E-state index is 10.4. The number of nitrogen functional groups attached to an aromatic ring is 2. The van der Waals surface area contributed by atoms with Crippen molar-refractivity contribution in [2.75, 3.05) is 43.2 Å². The van der Waals surface area contributed by atoms with Crippen LogP contribution in [-0.4, -0.2) is 59.3 Å². The zero-order valence-electron chi connectivity index (χ0n) is 16.1. The van der Waals surface area contributed by atoms with Crippen LogP contribution in [-0.2, 0) is 4.79 Å². The highest BCUT2D eigenvalue weighted by molar-refractivity contribution is 6.34. The number of anilines is 3. The summed E-state index contributed by atoms with van der Waals surface area (Å²) in [5, 5.41) is 9.76. The number of hydrogen-bond donors (Lipinski definition) is 5. The van der Waals surface area contributed by atoms with Crippen molar-refractivity contribution in [2.45, 2.75) is 12.8 Å². The summed E-state index contributed by atoms with van der Waals surface area (Å²) in [6.07, 6.45) is -1.46. The van der Waals surface area contributed by atoms with Gasteiger partial charge in [0.1, 0.15) is 18.4 Å². The number of aromatic nitrogens is 2. The molecule has 1 saturated heterocycles. The number of benzene rings is 1. The Morgan fingerprint density at radius 1 is 1.33 bits per heavy atom. The van der Waals surface area contributed by atoms with Gasteiger partial charge in [0.15, 0.2) is 0 Å². The molecule has 0 bridgehead atoms.